The molecule has 0 aliphatic carbocycles. The van der Waals surface area contributed by atoms with Gasteiger partial charge in [0.2, 0.25) is 0 Å². The molecule has 0 bridgehead atoms. The molecule has 13 heavy (non-hydrogen) atoms. The van der Waals surface area contributed by atoms with Crippen molar-refractivity contribution >= 4 is 28.6 Å². The molecule has 0 fully saturated rings. The van der Waals surface area contributed by atoms with Crippen LogP contribution in [-0.2, 0) is 4.79 Å². The Hall–Kier alpha value is -0.690. The van der Waals surface area contributed by atoms with Gasteiger partial charge in [0.05, 0.1) is 18.2 Å². The summed E-state index contributed by atoms with van der Waals surface area (Å²) in [5.41, 5.74) is 6.21. The molecule has 4 nitrogen and oxygen atoms in total. The van der Waals surface area contributed by atoms with E-state index in [2.05, 4.69) is 27.6 Å². The van der Waals surface area contributed by atoms with Gasteiger partial charge in [0.1, 0.15) is 0 Å². The molecule has 5 heteroatoms. The largest absolute Gasteiger partial charge is 0.481 e. The standard InChI is InChI=1S/C8H9IN2O2/c9-5-1-2-7(11-4-5)6(10)3-8(12)13/h1-2,4,6H,3,10H2,(H,12,13)/t6-/m0/s1. The van der Waals surface area contributed by atoms with Gasteiger partial charge in [-0.2, -0.15) is 0 Å². The van der Waals surface area contributed by atoms with E-state index in [1.54, 1.807) is 12.3 Å². The second kappa shape index (κ2) is 4.52. The Morgan fingerprint density at radius 2 is 2.38 bits per heavy atom. The lowest BCUT2D eigenvalue weighted by Crippen LogP contribution is -2.16. The predicted molar refractivity (Wildman–Crippen MR) is 56.1 cm³/mol. The summed E-state index contributed by atoms with van der Waals surface area (Å²) >= 11 is 2.13. The van der Waals surface area contributed by atoms with Crippen molar-refractivity contribution in [2.45, 2.75) is 12.5 Å². The number of aliphatic carboxylic acids is 1. The zero-order chi connectivity index (χ0) is 9.84. The summed E-state index contributed by atoms with van der Waals surface area (Å²) in [5.74, 6) is -0.909. The van der Waals surface area contributed by atoms with E-state index in [9.17, 15) is 4.79 Å². The molecule has 0 amide bonds. The summed E-state index contributed by atoms with van der Waals surface area (Å²) in [7, 11) is 0. The van der Waals surface area contributed by atoms with Gasteiger partial charge in [0.25, 0.3) is 0 Å². The minimum absolute atomic E-state index is 0.0897. The average molecular weight is 292 g/mol. The molecule has 0 saturated carbocycles. The first kappa shape index (κ1) is 10.4. The predicted octanol–water partition coefficient (Wildman–Crippen LogP) is 1.16. The first-order valence-electron chi connectivity index (χ1n) is 3.68. The highest BCUT2D eigenvalue weighted by Crippen LogP contribution is 2.12. The van der Waals surface area contributed by atoms with Gasteiger partial charge < -0.3 is 10.8 Å². The van der Waals surface area contributed by atoms with Crippen molar-refractivity contribution in [1.82, 2.24) is 4.98 Å². The summed E-state index contributed by atoms with van der Waals surface area (Å²) in [6.07, 6.45) is 1.57. The van der Waals surface area contributed by atoms with Crippen molar-refractivity contribution in [2.75, 3.05) is 0 Å². The van der Waals surface area contributed by atoms with Gasteiger partial charge in [0.15, 0.2) is 0 Å². The second-order valence-electron chi connectivity index (χ2n) is 2.61. The Kier molecular flexibility index (Phi) is 3.61. The molecule has 0 radical (unpaired) electrons. The highest BCUT2D eigenvalue weighted by Gasteiger charge is 2.11. The van der Waals surface area contributed by atoms with Crippen LogP contribution in [-0.4, -0.2) is 16.1 Å². The summed E-state index contributed by atoms with van der Waals surface area (Å²) < 4.78 is 1.00. The summed E-state index contributed by atoms with van der Waals surface area (Å²) in [4.78, 5) is 14.4. The number of carboxylic acid groups (broad SMARTS) is 1. The van der Waals surface area contributed by atoms with E-state index in [1.807, 2.05) is 6.07 Å². The maximum Gasteiger partial charge on any atom is 0.305 e. The lowest BCUT2D eigenvalue weighted by atomic mass is 10.1. The Labute approximate surface area is 89.3 Å². The molecule has 0 aliphatic heterocycles. The van der Waals surface area contributed by atoms with Crippen molar-refractivity contribution in [3.05, 3.63) is 27.6 Å². The van der Waals surface area contributed by atoms with Crippen LogP contribution in [0.3, 0.4) is 0 Å². The van der Waals surface area contributed by atoms with Gasteiger partial charge >= 0.3 is 5.97 Å². The highest BCUT2D eigenvalue weighted by molar-refractivity contribution is 14.1. The molecule has 1 heterocycles. The Balaban J connectivity index is 2.71. The second-order valence-corrected chi connectivity index (χ2v) is 3.85. The summed E-state index contributed by atoms with van der Waals surface area (Å²) in [5, 5.41) is 8.49. The van der Waals surface area contributed by atoms with Gasteiger partial charge in [0, 0.05) is 9.77 Å². The van der Waals surface area contributed by atoms with Crippen LogP contribution in [0, 0.1) is 3.57 Å². The molecular formula is C8H9IN2O2. The zero-order valence-electron chi connectivity index (χ0n) is 6.77. The van der Waals surface area contributed by atoms with Crippen LogP contribution >= 0.6 is 22.6 Å². The molecule has 1 aromatic rings. The van der Waals surface area contributed by atoms with Crippen LogP contribution in [0.15, 0.2) is 18.3 Å². The molecule has 0 unspecified atom stereocenters. The highest BCUT2D eigenvalue weighted by atomic mass is 127. The van der Waals surface area contributed by atoms with E-state index in [0.29, 0.717) is 5.69 Å². The normalized spacial score (nSPS) is 12.5. The Morgan fingerprint density at radius 3 is 2.85 bits per heavy atom. The van der Waals surface area contributed by atoms with E-state index in [1.165, 1.54) is 0 Å². The minimum atomic E-state index is -0.909. The van der Waals surface area contributed by atoms with Crippen molar-refractivity contribution in [3.8, 4) is 0 Å². The van der Waals surface area contributed by atoms with E-state index < -0.39 is 12.0 Å². The minimum Gasteiger partial charge on any atom is -0.481 e. The number of carboxylic acids is 1. The average Bonchev–Trinajstić information content (AvgIpc) is 2.04. The first-order chi connectivity index (χ1) is 6.09. The van der Waals surface area contributed by atoms with Crippen molar-refractivity contribution in [1.29, 1.82) is 0 Å². The summed E-state index contributed by atoms with van der Waals surface area (Å²) in [6.45, 7) is 0. The number of halogens is 1. The molecule has 1 rings (SSSR count). The third kappa shape index (κ3) is 3.27. The molecule has 0 spiro atoms. The number of hydrogen-bond acceptors (Lipinski definition) is 3. The fourth-order valence-electron chi connectivity index (χ4n) is 0.899. The number of nitrogens with zero attached hydrogens (tertiary/aromatic N) is 1. The smallest absolute Gasteiger partial charge is 0.305 e. The summed E-state index contributed by atoms with van der Waals surface area (Å²) in [6, 6.07) is 3.08. The molecule has 70 valence electrons. The monoisotopic (exact) mass is 292 g/mol. The van der Waals surface area contributed by atoms with Crippen LogP contribution in [0.1, 0.15) is 18.2 Å². The molecule has 1 aromatic heterocycles. The van der Waals surface area contributed by atoms with Gasteiger partial charge in [-0.25, -0.2) is 0 Å². The maximum atomic E-state index is 10.3. The van der Waals surface area contributed by atoms with Gasteiger partial charge in [-0.15, -0.1) is 0 Å². The van der Waals surface area contributed by atoms with Crippen molar-refractivity contribution < 1.29 is 9.90 Å². The van der Waals surface area contributed by atoms with E-state index in [4.69, 9.17) is 10.8 Å². The van der Waals surface area contributed by atoms with E-state index in [-0.39, 0.29) is 6.42 Å². The van der Waals surface area contributed by atoms with Crippen molar-refractivity contribution in [2.24, 2.45) is 5.73 Å². The number of rotatable bonds is 3. The molecule has 0 aromatic carbocycles. The van der Waals surface area contributed by atoms with E-state index in [0.717, 1.165) is 3.57 Å². The third-order valence-corrected chi connectivity index (χ3v) is 2.16. The fourth-order valence-corrected chi connectivity index (χ4v) is 1.22. The number of carbonyl (C=O) groups is 1. The van der Waals surface area contributed by atoms with Crippen LogP contribution in [0.25, 0.3) is 0 Å². The number of hydrogen-bond donors (Lipinski definition) is 2. The fraction of sp³-hybridized carbons (Fsp3) is 0.250. The van der Waals surface area contributed by atoms with Crippen LogP contribution in [0.4, 0.5) is 0 Å². The van der Waals surface area contributed by atoms with Crippen LogP contribution < -0.4 is 5.73 Å². The number of nitrogens with two attached hydrogens (primary N) is 1. The molecular weight excluding hydrogens is 283 g/mol. The lowest BCUT2D eigenvalue weighted by Gasteiger charge is -2.07. The zero-order valence-corrected chi connectivity index (χ0v) is 8.93. The van der Waals surface area contributed by atoms with Gasteiger partial charge in [-0.1, -0.05) is 0 Å². The lowest BCUT2D eigenvalue weighted by molar-refractivity contribution is -0.137. The van der Waals surface area contributed by atoms with E-state index >= 15 is 0 Å². The maximum absolute atomic E-state index is 10.3. The first-order valence-corrected chi connectivity index (χ1v) is 4.76. The number of aromatic nitrogens is 1. The van der Waals surface area contributed by atoms with Crippen LogP contribution in [0.5, 0.6) is 0 Å². The molecule has 3 N–H and O–H groups in total. The molecule has 1 atom stereocenters. The Bertz CT molecular complexity index is 300. The third-order valence-electron chi connectivity index (χ3n) is 1.52. The molecule has 0 saturated heterocycles. The van der Waals surface area contributed by atoms with Gasteiger partial charge in [-0.3, -0.25) is 9.78 Å². The van der Waals surface area contributed by atoms with Gasteiger partial charge in [-0.05, 0) is 34.7 Å². The number of pyridine rings is 1. The SMILES string of the molecule is N[C@@H](CC(=O)O)c1ccc(I)cn1. The van der Waals surface area contributed by atoms with Crippen molar-refractivity contribution in [3.63, 3.8) is 0 Å². The quantitative estimate of drug-likeness (QED) is 0.820. The Morgan fingerprint density at radius 1 is 1.69 bits per heavy atom. The molecule has 0 aliphatic rings. The topological polar surface area (TPSA) is 76.2 Å². The van der Waals surface area contributed by atoms with Crippen LogP contribution in [0.2, 0.25) is 0 Å².